The predicted octanol–water partition coefficient (Wildman–Crippen LogP) is 1.93. The lowest BCUT2D eigenvalue weighted by atomic mass is 9.86. The Kier molecular flexibility index (Phi) is 3.87. The van der Waals surface area contributed by atoms with E-state index in [-0.39, 0.29) is 0 Å². The maximum Gasteiger partial charge on any atom is 0.423 e. The molecule has 0 radical (unpaired) electrons. The summed E-state index contributed by atoms with van der Waals surface area (Å²) in [6.07, 6.45) is -5.10. The maximum atomic E-state index is 13.8. The third kappa shape index (κ3) is 2.15. The molecule has 7 heteroatoms. The molecule has 1 aromatic carbocycles. The molecule has 1 rings (SSSR count). The van der Waals surface area contributed by atoms with Crippen LogP contribution in [-0.2, 0) is 5.60 Å². The molecule has 0 heterocycles. The fourth-order valence-corrected chi connectivity index (χ4v) is 1.62. The molecule has 1 aromatic rings. The van der Waals surface area contributed by atoms with Crippen molar-refractivity contribution in [1.29, 1.82) is 0 Å². The second-order valence-corrected chi connectivity index (χ2v) is 3.87. The van der Waals surface area contributed by atoms with Gasteiger partial charge in [-0.05, 0) is 13.0 Å². The van der Waals surface area contributed by atoms with Gasteiger partial charge in [0.2, 0.25) is 5.60 Å². The van der Waals surface area contributed by atoms with Gasteiger partial charge >= 0.3 is 6.18 Å². The zero-order chi connectivity index (χ0) is 14.1. The minimum atomic E-state index is -5.10. The monoisotopic (exact) mass is 267 g/mol. The van der Waals surface area contributed by atoms with E-state index >= 15 is 0 Å². The average molecular weight is 267 g/mol. The lowest BCUT2D eigenvalue weighted by Crippen LogP contribution is -2.54. The van der Waals surface area contributed by atoms with Crippen molar-refractivity contribution < 1.29 is 27.4 Å². The van der Waals surface area contributed by atoms with E-state index in [0.717, 1.165) is 32.2 Å². The van der Waals surface area contributed by atoms with Crippen molar-refractivity contribution >= 4 is 0 Å². The van der Waals surface area contributed by atoms with Crippen LogP contribution in [0.25, 0.3) is 0 Å². The minimum Gasteiger partial charge on any atom is -0.494 e. The molecule has 0 aliphatic carbocycles. The average Bonchev–Trinajstić information content (AvgIpc) is 2.26. The Morgan fingerprint density at radius 1 is 1.33 bits per heavy atom. The third-order valence-electron chi connectivity index (χ3n) is 2.68. The molecule has 3 N–H and O–H groups in total. The smallest absolute Gasteiger partial charge is 0.423 e. The van der Waals surface area contributed by atoms with E-state index in [4.69, 9.17) is 5.73 Å². The number of ether oxygens (including phenoxy) is 1. The van der Waals surface area contributed by atoms with Crippen molar-refractivity contribution in [2.75, 3.05) is 7.11 Å². The van der Waals surface area contributed by atoms with E-state index in [1.54, 1.807) is 0 Å². The Morgan fingerprint density at radius 3 is 2.28 bits per heavy atom. The second kappa shape index (κ2) is 4.74. The molecule has 2 unspecified atom stereocenters. The third-order valence-corrected chi connectivity index (χ3v) is 2.68. The van der Waals surface area contributed by atoms with Crippen LogP contribution in [0.5, 0.6) is 5.75 Å². The molecule has 102 valence electrons. The Labute approximate surface area is 101 Å². The predicted molar refractivity (Wildman–Crippen MR) is 56.6 cm³/mol. The van der Waals surface area contributed by atoms with Gasteiger partial charge in [-0.25, -0.2) is 4.39 Å². The van der Waals surface area contributed by atoms with Gasteiger partial charge in [-0.1, -0.05) is 12.1 Å². The molecule has 0 saturated carbocycles. The number of alkyl halides is 3. The molecule has 0 saturated heterocycles. The summed E-state index contributed by atoms with van der Waals surface area (Å²) >= 11 is 0. The molecular weight excluding hydrogens is 254 g/mol. The summed E-state index contributed by atoms with van der Waals surface area (Å²) in [5.74, 6) is -1.67. The number of benzene rings is 1. The van der Waals surface area contributed by atoms with Crippen LogP contribution < -0.4 is 10.5 Å². The van der Waals surface area contributed by atoms with E-state index in [1.165, 1.54) is 0 Å². The van der Waals surface area contributed by atoms with Gasteiger partial charge in [0.25, 0.3) is 0 Å². The fourth-order valence-electron chi connectivity index (χ4n) is 1.62. The van der Waals surface area contributed by atoms with Crippen molar-refractivity contribution in [1.82, 2.24) is 0 Å². The first kappa shape index (κ1) is 14.7. The highest BCUT2D eigenvalue weighted by Crippen LogP contribution is 2.43. The highest BCUT2D eigenvalue weighted by atomic mass is 19.4. The van der Waals surface area contributed by atoms with Gasteiger partial charge < -0.3 is 15.6 Å². The summed E-state index contributed by atoms with van der Waals surface area (Å²) in [5.41, 5.74) is 0.751. The largest absolute Gasteiger partial charge is 0.494 e. The number of hydrogen-bond acceptors (Lipinski definition) is 3. The normalized spacial score (nSPS) is 17.1. The summed E-state index contributed by atoms with van der Waals surface area (Å²) in [7, 11) is 1.11. The van der Waals surface area contributed by atoms with Crippen LogP contribution in [0, 0.1) is 5.82 Å². The number of hydrogen-bond donors (Lipinski definition) is 2. The van der Waals surface area contributed by atoms with Gasteiger partial charge in [0, 0.05) is 11.6 Å². The van der Waals surface area contributed by atoms with Crippen molar-refractivity contribution in [2.45, 2.75) is 24.7 Å². The summed E-state index contributed by atoms with van der Waals surface area (Å²) in [6, 6.07) is 1.39. The lowest BCUT2D eigenvalue weighted by molar-refractivity contribution is -0.273. The molecule has 3 nitrogen and oxygen atoms in total. The van der Waals surface area contributed by atoms with Gasteiger partial charge in [-0.3, -0.25) is 0 Å². The van der Waals surface area contributed by atoms with E-state index in [0.29, 0.717) is 0 Å². The molecule has 0 aliphatic rings. The van der Waals surface area contributed by atoms with Crippen LogP contribution >= 0.6 is 0 Å². The van der Waals surface area contributed by atoms with Gasteiger partial charge in [0.1, 0.15) is 0 Å². The molecule has 2 atom stereocenters. The van der Waals surface area contributed by atoms with Crippen LogP contribution in [-0.4, -0.2) is 24.4 Å². The Hall–Kier alpha value is -1.34. The highest BCUT2D eigenvalue weighted by molar-refractivity contribution is 5.36. The molecule has 0 aromatic heterocycles. The topological polar surface area (TPSA) is 55.5 Å². The van der Waals surface area contributed by atoms with Gasteiger partial charge in [0.15, 0.2) is 11.6 Å². The number of nitrogens with two attached hydrogens (primary N) is 1. The van der Waals surface area contributed by atoms with Crippen LogP contribution in [0.4, 0.5) is 17.6 Å². The molecule has 0 spiro atoms. The van der Waals surface area contributed by atoms with Gasteiger partial charge in [-0.2, -0.15) is 13.2 Å². The summed E-state index contributed by atoms with van der Waals surface area (Å²) in [6.45, 7) is 0.951. The quantitative estimate of drug-likeness (QED) is 0.823. The zero-order valence-corrected chi connectivity index (χ0v) is 9.75. The number of halogens is 4. The van der Waals surface area contributed by atoms with E-state index in [2.05, 4.69) is 4.74 Å². The van der Waals surface area contributed by atoms with Crippen LogP contribution in [0.15, 0.2) is 18.2 Å². The van der Waals surface area contributed by atoms with Gasteiger partial charge in [-0.15, -0.1) is 0 Å². The molecular formula is C11H13F4NO2. The van der Waals surface area contributed by atoms with Crippen molar-refractivity contribution in [2.24, 2.45) is 5.73 Å². The Morgan fingerprint density at radius 2 is 1.89 bits per heavy atom. The van der Waals surface area contributed by atoms with Crippen LogP contribution in [0.1, 0.15) is 12.5 Å². The molecule has 0 aliphatic heterocycles. The summed E-state index contributed by atoms with van der Waals surface area (Å²) < 4.78 is 57.2. The van der Waals surface area contributed by atoms with Crippen LogP contribution in [0.3, 0.4) is 0 Å². The van der Waals surface area contributed by atoms with Crippen LogP contribution in [0.2, 0.25) is 0 Å². The zero-order valence-electron chi connectivity index (χ0n) is 9.75. The summed E-state index contributed by atoms with van der Waals surface area (Å²) in [5, 5.41) is 9.75. The number of rotatable bonds is 3. The molecule has 0 fully saturated rings. The molecule has 18 heavy (non-hydrogen) atoms. The molecule has 0 bridgehead atoms. The van der Waals surface area contributed by atoms with E-state index in [9.17, 15) is 22.7 Å². The minimum absolute atomic E-state index is 0.393. The van der Waals surface area contributed by atoms with Crippen molar-refractivity contribution in [3.8, 4) is 5.75 Å². The van der Waals surface area contributed by atoms with Crippen molar-refractivity contribution in [3.63, 3.8) is 0 Å². The first-order valence-electron chi connectivity index (χ1n) is 5.04. The Bertz CT molecular complexity index is 434. The van der Waals surface area contributed by atoms with E-state index in [1.807, 2.05) is 0 Å². The van der Waals surface area contributed by atoms with Gasteiger partial charge in [0.05, 0.1) is 7.11 Å². The highest BCUT2D eigenvalue weighted by Gasteiger charge is 2.58. The number of aliphatic hydroxyl groups is 1. The first-order valence-corrected chi connectivity index (χ1v) is 5.04. The maximum absolute atomic E-state index is 13.8. The fraction of sp³-hybridized carbons (Fsp3) is 0.455. The standard InChI is InChI=1S/C11H13F4NO2/c1-6(16)10(17,11(13,14)15)7-4-3-5-8(18-2)9(7)12/h3-6,17H,16H2,1-2H3. The van der Waals surface area contributed by atoms with E-state index < -0.39 is 34.9 Å². The SMILES string of the molecule is COc1cccc(C(O)(C(C)N)C(F)(F)F)c1F. The van der Waals surface area contributed by atoms with Crippen molar-refractivity contribution in [3.05, 3.63) is 29.6 Å². The number of methoxy groups -OCH3 is 1. The molecule has 0 amide bonds. The first-order chi connectivity index (χ1) is 8.16. The second-order valence-electron chi connectivity index (χ2n) is 3.87. The summed E-state index contributed by atoms with van der Waals surface area (Å²) in [4.78, 5) is 0. The lowest BCUT2D eigenvalue weighted by Gasteiger charge is -2.34. The Balaban J connectivity index is 3.50.